The molecule has 0 radical (unpaired) electrons. The fourth-order valence-corrected chi connectivity index (χ4v) is 3.76. The smallest absolute Gasteiger partial charge is 0.223 e. The average Bonchev–Trinajstić information content (AvgIpc) is 3.07. The molecule has 2 rings (SSSR count). The maximum atomic E-state index is 12.4. The first-order chi connectivity index (χ1) is 14.0. The number of benzene rings is 1. The Morgan fingerprint density at radius 3 is 2.66 bits per heavy atom. The van der Waals surface area contributed by atoms with Gasteiger partial charge in [-0.3, -0.25) is 14.7 Å². The zero-order valence-corrected chi connectivity index (χ0v) is 18.7. The number of rotatable bonds is 11. The van der Waals surface area contributed by atoms with Crippen molar-refractivity contribution in [2.75, 3.05) is 45.8 Å². The van der Waals surface area contributed by atoms with Crippen molar-refractivity contribution in [3.05, 3.63) is 35.9 Å². The molecule has 1 atom stereocenters. The summed E-state index contributed by atoms with van der Waals surface area (Å²) in [6, 6.07) is 10.9. The van der Waals surface area contributed by atoms with E-state index in [0.717, 1.165) is 51.6 Å². The number of likely N-dealkylation sites (tertiary alicyclic amines) is 1. The number of nitrogens with one attached hydrogen (secondary N) is 2. The normalized spacial score (nSPS) is 17.4. The molecule has 1 heterocycles. The molecule has 6 nitrogen and oxygen atoms in total. The molecule has 1 amide bonds. The molecule has 1 aromatic carbocycles. The molecule has 2 N–H and O–H groups in total. The van der Waals surface area contributed by atoms with Crippen molar-refractivity contribution >= 4 is 11.9 Å². The molecule has 0 bridgehead atoms. The minimum Gasteiger partial charge on any atom is -0.357 e. The number of amides is 1. The minimum absolute atomic E-state index is 0.259. The minimum atomic E-state index is 0.259. The average molecular weight is 402 g/mol. The van der Waals surface area contributed by atoms with E-state index in [2.05, 4.69) is 67.5 Å². The van der Waals surface area contributed by atoms with Crippen molar-refractivity contribution in [1.82, 2.24) is 20.4 Å². The van der Waals surface area contributed by atoms with Crippen molar-refractivity contribution < 1.29 is 4.79 Å². The molecule has 1 aliphatic rings. The molecule has 1 fully saturated rings. The molecular weight excluding hydrogens is 362 g/mol. The first kappa shape index (κ1) is 23.2. The van der Waals surface area contributed by atoms with Gasteiger partial charge in [-0.05, 0) is 39.3 Å². The standard InChI is InChI=1S/C23H39N5O/c1-5-24-23(25-13-15-27(6-2)19(3)4)26-17-21-16-22(29)28(18-21)14-12-20-10-8-7-9-11-20/h7-11,19,21H,5-6,12-18H2,1-4H3,(H2,24,25,26). The first-order valence-electron chi connectivity index (χ1n) is 11.1. The summed E-state index contributed by atoms with van der Waals surface area (Å²) in [5, 5.41) is 6.75. The molecule has 0 aromatic heterocycles. The predicted molar refractivity (Wildman–Crippen MR) is 121 cm³/mol. The number of carbonyl (C=O) groups is 1. The van der Waals surface area contributed by atoms with Gasteiger partial charge in [0.15, 0.2) is 5.96 Å². The molecule has 1 aliphatic heterocycles. The van der Waals surface area contributed by atoms with Gasteiger partial charge in [0.2, 0.25) is 5.91 Å². The van der Waals surface area contributed by atoms with E-state index in [1.54, 1.807) is 0 Å². The van der Waals surface area contributed by atoms with Crippen LogP contribution < -0.4 is 10.6 Å². The molecule has 0 saturated carbocycles. The van der Waals surface area contributed by atoms with E-state index in [1.165, 1.54) is 5.56 Å². The maximum absolute atomic E-state index is 12.4. The van der Waals surface area contributed by atoms with Crippen molar-refractivity contribution in [1.29, 1.82) is 0 Å². The van der Waals surface area contributed by atoms with E-state index in [0.29, 0.717) is 24.9 Å². The fourth-order valence-electron chi connectivity index (χ4n) is 3.76. The third-order valence-electron chi connectivity index (χ3n) is 5.49. The highest BCUT2D eigenvalue weighted by molar-refractivity contribution is 5.80. The Balaban J connectivity index is 1.78. The van der Waals surface area contributed by atoms with Crippen LogP contribution in [0.5, 0.6) is 0 Å². The van der Waals surface area contributed by atoms with Gasteiger partial charge in [0.25, 0.3) is 0 Å². The van der Waals surface area contributed by atoms with E-state index < -0.39 is 0 Å². The number of nitrogens with zero attached hydrogens (tertiary/aromatic N) is 3. The molecule has 162 valence electrons. The molecule has 0 aliphatic carbocycles. The lowest BCUT2D eigenvalue weighted by atomic mass is 10.1. The van der Waals surface area contributed by atoms with Crippen LogP contribution in [0.2, 0.25) is 0 Å². The van der Waals surface area contributed by atoms with Crippen LogP contribution in [0, 0.1) is 5.92 Å². The summed E-state index contributed by atoms with van der Waals surface area (Å²) in [6.07, 6.45) is 1.52. The Hall–Kier alpha value is -2.08. The second-order valence-electron chi connectivity index (χ2n) is 8.01. The molecule has 1 saturated heterocycles. The monoisotopic (exact) mass is 401 g/mol. The van der Waals surface area contributed by atoms with Gasteiger partial charge >= 0.3 is 0 Å². The number of likely N-dealkylation sites (N-methyl/N-ethyl adjacent to an activating group) is 1. The van der Waals surface area contributed by atoms with E-state index >= 15 is 0 Å². The van der Waals surface area contributed by atoms with Gasteiger partial charge in [-0.2, -0.15) is 0 Å². The van der Waals surface area contributed by atoms with E-state index in [-0.39, 0.29) is 5.91 Å². The summed E-state index contributed by atoms with van der Waals surface area (Å²) < 4.78 is 0. The van der Waals surface area contributed by atoms with Gasteiger partial charge in [-0.15, -0.1) is 0 Å². The lowest BCUT2D eigenvalue weighted by molar-refractivity contribution is -0.127. The van der Waals surface area contributed by atoms with Crippen LogP contribution in [0.25, 0.3) is 0 Å². The number of aliphatic imine (C=N–C) groups is 1. The van der Waals surface area contributed by atoms with E-state index in [9.17, 15) is 4.79 Å². The summed E-state index contributed by atoms with van der Waals surface area (Å²) in [5.74, 6) is 1.41. The summed E-state index contributed by atoms with van der Waals surface area (Å²) in [4.78, 5) is 21.5. The number of guanidine groups is 1. The van der Waals surface area contributed by atoms with Crippen molar-refractivity contribution in [2.24, 2.45) is 10.9 Å². The van der Waals surface area contributed by atoms with Crippen LogP contribution >= 0.6 is 0 Å². The summed E-state index contributed by atoms with van der Waals surface area (Å²) in [7, 11) is 0. The van der Waals surface area contributed by atoms with Gasteiger partial charge in [0.1, 0.15) is 0 Å². The SMILES string of the molecule is CCNC(=NCC1CC(=O)N(CCc2ccccc2)C1)NCCN(CC)C(C)C. The second-order valence-corrected chi connectivity index (χ2v) is 8.01. The number of hydrogen-bond acceptors (Lipinski definition) is 3. The number of hydrogen-bond donors (Lipinski definition) is 2. The van der Waals surface area contributed by atoms with Crippen LogP contribution in [0.15, 0.2) is 35.3 Å². The Bertz CT molecular complexity index is 631. The molecule has 1 unspecified atom stereocenters. The molecule has 0 spiro atoms. The van der Waals surface area contributed by atoms with Crippen molar-refractivity contribution in [2.45, 2.75) is 46.6 Å². The lowest BCUT2D eigenvalue weighted by Gasteiger charge is -2.25. The summed E-state index contributed by atoms with van der Waals surface area (Å²) >= 11 is 0. The highest BCUT2D eigenvalue weighted by Crippen LogP contribution is 2.18. The summed E-state index contributed by atoms with van der Waals surface area (Å²) in [6.45, 7) is 14.8. The Kier molecular flexibility index (Phi) is 9.98. The van der Waals surface area contributed by atoms with Crippen molar-refractivity contribution in [3.63, 3.8) is 0 Å². The zero-order chi connectivity index (χ0) is 21.1. The van der Waals surface area contributed by atoms with Crippen LogP contribution in [0.4, 0.5) is 0 Å². The quantitative estimate of drug-likeness (QED) is 0.441. The van der Waals surface area contributed by atoms with Gasteiger partial charge in [-0.25, -0.2) is 0 Å². The van der Waals surface area contributed by atoms with Crippen LogP contribution in [0.1, 0.15) is 39.7 Å². The Morgan fingerprint density at radius 2 is 2.00 bits per heavy atom. The van der Waals surface area contributed by atoms with E-state index in [1.807, 2.05) is 11.0 Å². The van der Waals surface area contributed by atoms with Crippen LogP contribution in [-0.4, -0.2) is 73.5 Å². The van der Waals surface area contributed by atoms with Crippen molar-refractivity contribution in [3.8, 4) is 0 Å². The largest absolute Gasteiger partial charge is 0.357 e. The molecule has 6 heteroatoms. The number of carbonyl (C=O) groups excluding carboxylic acids is 1. The van der Waals surface area contributed by atoms with Crippen LogP contribution in [-0.2, 0) is 11.2 Å². The highest BCUT2D eigenvalue weighted by Gasteiger charge is 2.29. The molecule has 29 heavy (non-hydrogen) atoms. The predicted octanol–water partition coefficient (Wildman–Crippen LogP) is 2.36. The Labute approximate surface area is 176 Å². The molecule has 1 aromatic rings. The summed E-state index contributed by atoms with van der Waals surface area (Å²) in [5.41, 5.74) is 1.28. The zero-order valence-electron chi connectivity index (χ0n) is 18.7. The van der Waals surface area contributed by atoms with Gasteiger partial charge in [-0.1, -0.05) is 37.3 Å². The maximum Gasteiger partial charge on any atom is 0.223 e. The lowest BCUT2D eigenvalue weighted by Crippen LogP contribution is -2.43. The highest BCUT2D eigenvalue weighted by atomic mass is 16.2. The van der Waals surface area contributed by atoms with Gasteiger partial charge in [0.05, 0.1) is 0 Å². The fraction of sp³-hybridized carbons (Fsp3) is 0.652. The van der Waals surface area contributed by atoms with E-state index in [4.69, 9.17) is 4.99 Å². The Morgan fingerprint density at radius 1 is 1.24 bits per heavy atom. The third kappa shape index (κ3) is 8.05. The van der Waals surface area contributed by atoms with Gasteiger partial charge in [0, 0.05) is 57.6 Å². The second kappa shape index (κ2) is 12.5. The van der Waals surface area contributed by atoms with Gasteiger partial charge < -0.3 is 15.5 Å². The molecular formula is C23H39N5O. The first-order valence-corrected chi connectivity index (χ1v) is 11.1. The van der Waals surface area contributed by atoms with Crippen LogP contribution in [0.3, 0.4) is 0 Å². The third-order valence-corrected chi connectivity index (χ3v) is 5.49. The topological polar surface area (TPSA) is 60.0 Å².